The number of carbonyl (C=O) groups is 1. The van der Waals surface area contributed by atoms with Crippen molar-refractivity contribution in [1.82, 2.24) is 0 Å². The Morgan fingerprint density at radius 3 is 2.28 bits per heavy atom. The van der Waals surface area contributed by atoms with Gasteiger partial charge in [-0.3, -0.25) is 4.79 Å². The van der Waals surface area contributed by atoms with Crippen LogP contribution in [0.1, 0.15) is 72.1 Å². The van der Waals surface area contributed by atoms with E-state index in [1.165, 1.54) is 0 Å². The Morgan fingerprint density at radius 1 is 1.11 bits per heavy atom. The molecule has 1 N–H and O–H groups in total. The maximum atomic E-state index is 11.6. The molecule has 3 heteroatoms. The van der Waals surface area contributed by atoms with Gasteiger partial charge in [0.25, 0.3) is 0 Å². The second kappa shape index (κ2) is 10.4. The zero-order valence-corrected chi connectivity index (χ0v) is 12.3. The minimum absolute atomic E-state index is 0.103. The summed E-state index contributed by atoms with van der Waals surface area (Å²) in [6, 6.07) is 0. The van der Waals surface area contributed by atoms with Gasteiger partial charge in [-0.2, -0.15) is 0 Å². The fourth-order valence-electron chi connectivity index (χ4n) is 1.96. The lowest BCUT2D eigenvalue weighted by molar-refractivity contribution is -0.148. The number of esters is 1. The Kier molecular flexibility index (Phi) is 10.0. The van der Waals surface area contributed by atoms with Crippen molar-refractivity contribution in [2.24, 2.45) is 5.41 Å². The molecule has 0 bridgehead atoms. The van der Waals surface area contributed by atoms with E-state index in [1.54, 1.807) is 0 Å². The second-order valence-electron chi connectivity index (χ2n) is 5.23. The molecule has 0 rings (SSSR count). The first kappa shape index (κ1) is 17.4. The molecule has 18 heavy (non-hydrogen) atoms. The third kappa shape index (κ3) is 7.00. The molecule has 0 radical (unpaired) electrons. The maximum absolute atomic E-state index is 11.6. The zero-order chi connectivity index (χ0) is 13.9. The first-order valence-electron chi connectivity index (χ1n) is 7.40. The van der Waals surface area contributed by atoms with Crippen molar-refractivity contribution in [2.45, 2.75) is 72.1 Å². The molecule has 0 spiro atoms. The van der Waals surface area contributed by atoms with Gasteiger partial charge in [-0.25, -0.2) is 0 Å². The first-order chi connectivity index (χ1) is 8.64. The van der Waals surface area contributed by atoms with Gasteiger partial charge in [-0.15, -0.1) is 0 Å². The Balaban J connectivity index is 4.05. The molecule has 1 atom stereocenters. The summed E-state index contributed by atoms with van der Waals surface area (Å²) in [6.07, 6.45) is 7.55. The molecular weight excluding hydrogens is 228 g/mol. The van der Waals surface area contributed by atoms with E-state index in [-0.39, 0.29) is 18.0 Å². The van der Waals surface area contributed by atoms with E-state index in [4.69, 9.17) is 4.74 Å². The fraction of sp³-hybridized carbons (Fsp3) is 0.933. The van der Waals surface area contributed by atoms with Gasteiger partial charge in [0.1, 0.15) is 0 Å². The molecular formula is C15H30O3. The fourth-order valence-corrected chi connectivity index (χ4v) is 1.96. The van der Waals surface area contributed by atoms with Crippen LogP contribution in [-0.2, 0) is 9.53 Å². The van der Waals surface area contributed by atoms with Gasteiger partial charge in [-0.1, -0.05) is 46.5 Å². The average Bonchev–Trinajstić information content (AvgIpc) is 2.40. The van der Waals surface area contributed by atoms with Crippen LogP contribution in [0.25, 0.3) is 0 Å². The molecule has 0 aliphatic carbocycles. The monoisotopic (exact) mass is 258 g/mol. The summed E-state index contributed by atoms with van der Waals surface area (Å²) >= 11 is 0. The van der Waals surface area contributed by atoms with Crippen LogP contribution in [0.3, 0.4) is 0 Å². The van der Waals surface area contributed by atoms with Crippen molar-refractivity contribution in [1.29, 1.82) is 0 Å². The van der Waals surface area contributed by atoms with E-state index < -0.39 is 0 Å². The van der Waals surface area contributed by atoms with Gasteiger partial charge in [0.05, 0.1) is 13.2 Å². The van der Waals surface area contributed by atoms with E-state index in [9.17, 15) is 9.90 Å². The Labute approximate surface area is 112 Å². The highest BCUT2D eigenvalue weighted by molar-refractivity contribution is 5.69. The van der Waals surface area contributed by atoms with E-state index >= 15 is 0 Å². The van der Waals surface area contributed by atoms with Gasteiger partial charge in [0.15, 0.2) is 0 Å². The van der Waals surface area contributed by atoms with Crippen LogP contribution in [-0.4, -0.2) is 24.3 Å². The van der Waals surface area contributed by atoms with Crippen LogP contribution in [0.2, 0.25) is 0 Å². The number of hydrogen-bond donors (Lipinski definition) is 1. The number of hydrogen-bond acceptors (Lipinski definition) is 3. The molecule has 0 fully saturated rings. The standard InChI is InChI=1S/C15H30O3/c1-4-7-9-10-14(17)18-13-15(6-3,12-16)11-8-5-2/h16H,4-13H2,1-3H3. The highest BCUT2D eigenvalue weighted by Crippen LogP contribution is 2.28. The average molecular weight is 258 g/mol. The van der Waals surface area contributed by atoms with Crippen LogP contribution < -0.4 is 0 Å². The van der Waals surface area contributed by atoms with Crippen molar-refractivity contribution < 1.29 is 14.6 Å². The van der Waals surface area contributed by atoms with Crippen LogP contribution in [0.4, 0.5) is 0 Å². The molecule has 0 aliphatic heterocycles. The van der Waals surface area contributed by atoms with E-state index in [1.807, 2.05) is 0 Å². The lowest BCUT2D eigenvalue weighted by Crippen LogP contribution is -2.31. The molecule has 3 nitrogen and oxygen atoms in total. The lowest BCUT2D eigenvalue weighted by atomic mass is 9.82. The van der Waals surface area contributed by atoms with Crippen LogP contribution in [0, 0.1) is 5.41 Å². The van der Waals surface area contributed by atoms with Crippen molar-refractivity contribution in [3.05, 3.63) is 0 Å². The number of carbonyl (C=O) groups excluding carboxylic acids is 1. The van der Waals surface area contributed by atoms with Gasteiger partial charge in [0.2, 0.25) is 0 Å². The highest BCUT2D eigenvalue weighted by atomic mass is 16.5. The predicted octanol–water partition coefficient (Wildman–Crippen LogP) is 3.69. The number of rotatable bonds is 11. The molecule has 0 aromatic heterocycles. The van der Waals surface area contributed by atoms with Gasteiger partial charge >= 0.3 is 5.97 Å². The smallest absolute Gasteiger partial charge is 0.305 e. The molecule has 0 heterocycles. The maximum Gasteiger partial charge on any atom is 0.305 e. The Hall–Kier alpha value is -0.570. The van der Waals surface area contributed by atoms with Crippen molar-refractivity contribution in [3.8, 4) is 0 Å². The summed E-state index contributed by atoms with van der Waals surface area (Å²) in [4.78, 5) is 11.6. The third-order valence-corrected chi connectivity index (χ3v) is 3.67. The summed E-state index contributed by atoms with van der Waals surface area (Å²) in [7, 11) is 0. The molecule has 0 aliphatic rings. The lowest BCUT2D eigenvalue weighted by Gasteiger charge is -2.30. The Morgan fingerprint density at radius 2 is 1.78 bits per heavy atom. The number of aliphatic hydroxyl groups is 1. The minimum atomic E-state index is -0.226. The van der Waals surface area contributed by atoms with Crippen molar-refractivity contribution >= 4 is 5.97 Å². The summed E-state index contributed by atoms with van der Waals surface area (Å²) < 4.78 is 5.33. The molecule has 1 unspecified atom stereocenters. The van der Waals surface area contributed by atoms with Gasteiger partial charge in [0, 0.05) is 11.8 Å². The molecule has 0 saturated carbocycles. The summed E-state index contributed by atoms with van der Waals surface area (Å²) in [6.45, 7) is 6.77. The summed E-state index contributed by atoms with van der Waals surface area (Å²) in [5.74, 6) is -0.119. The second-order valence-corrected chi connectivity index (χ2v) is 5.23. The van der Waals surface area contributed by atoms with Crippen LogP contribution in [0.5, 0.6) is 0 Å². The quantitative estimate of drug-likeness (QED) is 0.454. The molecule has 0 aromatic carbocycles. The predicted molar refractivity (Wildman–Crippen MR) is 74.4 cm³/mol. The van der Waals surface area contributed by atoms with Crippen molar-refractivity contribution in [3.63, 3.8) is 0 Å². The molecule has 108 valence electrons. The largest absolute Gasteiger partial charge is 0.465 e. The van der Waals surface area contributed by atoms with E-state index in [2.05, 4.69) is 20.8 Å². The molecule has 0 saturated heterocycles. The molecule has 0 amide bonds. The SMILES string of the molecule is CCCCCC(=O)OCC(CC)(CO)CCCC. The first-order valence-corrected chi connectivity index (χ1v) is 7.40. The highest BCUT2D eigenvalue weighted by Gasteiger charge is 2.28. The number of ether oxygens (including phenoxy) is 1. The van der Waals surface area contributed by atoms with Crippen LogP contribution in [0.15, 0.2) is 0 Å². The zero-order valence-electron chi connectivity index (χ0n) is 12.3. The third-order valence-electron chi connectivity index (χ3n) is 3.67. The number of aliphatic hydroxyl groups excluding tert-OH is 1. The van der Waals surface area contributed by atoms with Gasteiger partial charge in [-0.05, 0) is 19.3 Å². The minimum Gasteiger partial charge on any atom is -0.465 e. The van der Waals surface area contributed by atoms with E-state index in [0.717, 1.165) is 44.9 Å². The molecule has 0 aromatic rings. The van der Waals surface area contributed by atoms with Crippen LogP contribution >= 0.6 is 0 Å². The Bertz CT molecular complexity index is 210. The topological polar surface area (TPSA) is 46.5 Å². The summed E-state index contributed by atoms with van der Waals surface area (Å²) in [5.41, 5.74) is -0.226. The van der Waals surface area contributed by atoms with Crippen molar-refractivity contribution in [2.75, 3.05) is 13.2 Å². The summed E-state index contributed by atoms with van der Waals surface area (Å²) in [5, 5.41) is 9.54. The van der Waals surface area contributed by atoms with E-state index in [0.29, 0.717) is 13.0 Å². The normalized spacial score (nSPS) is 14.2. The number of unbranched alkanes of at least 4 members (excludes halogenated alkanes) is 3. The van der Waals surface area contributed by atoms with Gasteiger partial charge < -0.3 is 9.84 Å².